The predicted octanol–water partition coefficient (Wildman–Crippen LogP) is 8.65. The highest BCUT2D eigenvalue weighted by Crippen LogP contribution is 2.33. The first-order valence-electron chi connectivity index (χ1n) is 10.6. The third kappa shape index (κ3) is 5.78. The summed E-state index contributed by atoms with van der Waals surface area (Å²) in [5.41, 5.74) is 1.60. The van der Waals surface area contributed by atoms with E-state index in [1.165, 1.54) is 19.1 Å². The molecule has 0 amide bonds. The molecule has 0 bridgehead atoms. The Hall–Kier alpha value is -3.08. The molecule has 3 rings (SSSR count). The van der Waals surface area contributed by atoms with Crippen LogP contribution in [-0.2, 0) is 6.42 Å². The number of aryl methyl sites for hydroxylation is 1. The van der Waals surface area contributed by atoms with E-state index in [2.05, 4.69) is 11.3 Å². The van der Waals surface area contributed by atoms with Crippen molar-refractivity contribution >= 4 is 22.7 Å². The van der Waals surface area contributed by atoms with Crippen molar-refractivity contribution in [3.8, 4) is 5.75 Å². The SMILES string of the molecule is C=CCc1ccc2cc(C=C(F)c3c(C)cc(OC(F)(F)CCCC)cc3F)ccc2c1. The normalized spacial score (nSPS) is 12.2. The third-order valence-corrected chi connectivity index (χ3v) is 5.19. The molecule has 0 aromatic heterocycles. The van der Waals surface area contributed by atoms with E-state index in [1.54, 1.807) is 13.0 Å². The van der Waals surface area contributed by atoms with Crippen LogP contribution in [0.2, 0.25) is 0 Å². The summed E-state index contributed by atoms with van der Waals surface area (Å²) in [5.74, 6) is -2.06. The number of hydrogen-bond acceptors (Lipinski definition) is 1. The fourth-order valence-electron chi connectivity index (χ4n) is 3.60. The summed E-state index contributed by atoms with van der Waals surface area (Å²) in [6, 6.07) is 13.4. The van der Waals surface area contributed by atoms with Crippen molar-refractivity contribution in [2.24, 2.45) is 0 Å². The maximum Gasteiger partial charge on any atom is 0.397 e. The van der Waals surface area contributed by atoms with Crippen LogP contribution in [0.5, 0.6) is 5.75 Å². The van der Waals surface area contributed by atoms with Gasteiger partial charge in [0, 0.05) is 11.6 Å². The van der Waals surface area contributed by atoms with Crippen LogP contribution < -0.4 is 4.74 Å². The van der Waals surface area contributed by atoms with Crippen LogP contribution in [0.25, 0.3) is 22.7 Å². The molecule has 0 atom stereocenters. The molecule has 0 aliphatic heterocycles. The predicted molar refractivity (Wildman–Crippen MR) is 123 cm³/mol. The molecular weight excluding hydrogens is 416 g/mol. The summed E-state index contributed by atoms with van der Waals surface area (Å²) in [4.78, 5) is 0. The van der Waals surface area contributed by atoms with Crippen molar-refractivity contribution < 1.29 is 22.3 Å². The van der Waals surface area contributed by atoms with E-state index in [0.29, 0.717) is 12.0 Å². The van der Waals surface area contributed by atoms with E-state index >= 15 is 0 Å². The average Bonchev–Trinajstić information content (AvgIpc) is 2.72. The highest BCUT2D eigenvalue weighted by molar-refractivity contribution is 5.88. The largest absolute Gasteiger partial charge is 0.432 e. The first-order valence-corrected chi connectivity index (χ1v) is 10.6. The number of rotatable bonds is 9. The maximum atomic E-state index is 15.0. The van der Waals surface area contributed by atoms with E-state index in [9.17, 15) is 17.6 Å². The van der Waals surface area contributed by atoms with Crippen LogP contribution in [0.1, 0.15) is 48.4 Å². The Morgan fingerprint density at radius 2 is 1.78 bits per heavy atom. The lowest BCUT2D eigenvalue weighted by molar-refractivity contribution is -0.181. The van der Waals surface area contributed by atoms with Gasteiger partial charge >= 0.3 is 6.11 Å². The summed E-state index contributed by atoms with van der Waals surface area (Å²) < 4.78 is 62.0. The molecule has 168 valence electrons. The van der Waals surface area contributed by atoms with Crippen molar-refractivity contribution in [2.45, 2.75) is 45.6 Å². The van der Waals surface area contributed by atoms with Gasteiger partial charge in [-0.3, -0.25) is 0 Å². The molecule has 0 aliphatic rings. The van der Waals surface area contributed by atoms with Gasteiger partial charge in [-0.25, -0.2) is 8.78 Å². The maximum absolute atomic E-state index is 15.0. The van der Waals surface area contributed by atoms with Gasteiger partial charge in [-0.15, -0.1) is 6.58 Å². The Kier molecular flexibility index (Phi) is 7.39. The molecule has 0 unspecified atom stereocenters. The molecule has 0 N–H and O–H groups in total. The van der Waals surface area contributed by atoms with E-state index in [0.717, 1.165) is 28.8 Å². The van der Waals surface area contributed by atoms with Crippen LogP contribution in [-0.4, -0.2) is 6.11 Å². The van der Waals surface area contributed by atoms with Crippen molar-refractivity contribution in [3.63, 3.8) is 0 Å². The van der Waals surface area contributed by atoms with Gasteiger partial charge in [-0.05, 0) is 65.4 Å². The number of alkyl halides is 2. The van der Waals surface area contributed by atoms with Gasteiger partial charge in [-0.1, -0.05) is 49.8 Å². The fourth-order valence-corrected chi connectivity index (χ4v) is 3.60. The standard InChI is InChI=1S/C27H26F4O/c1-4-6-12-27(30,31)32-23-13-18(3)26(25(29)17-23)24(28)16-20-9-11-21-14-19(7-5-2)8-10-22(21)15-20/h5,8-11,13-17H,2,4,6-7,12H2,1,3H3. The molecular formula is C27H26F4O. The molecule has 32 heavy (non-hydrogen) atoms. The Morgan fingerprint density at radius 3 is 2.47 bits per heavy atom. The molecule has 0 aliphatic carbocycles. The van der Waals surface area contributed by atoms with Crippen molar-refractivity contribution in [2.75, 3.05) is 0 Å². The lowest BCUT2D eigenvalue weighted by Gasteiger charge is -2.19. The van der Waals surface area contributed by atoms with Gasteiger partial charge in [0.2, 0.25) is 0 Å². The Labute approximate surface area is 186 Å². The molecule has 0 fully saturated rings. The van der Waals surface area contributed by atoms with Gasteiger partial charge < -0.3 is 4.74 Å². The summed E-state index contributed by atoms with van der Waals surface area (Å²) in [6.07, 6.45) is 0.830. The minimum atomic E-state index is -3.40. The van der Waals surface area contributed by atoms with Gasteiger partial charge in [0.1, 0.15) is 17.4 Å². The molecule has 5 heteroatoms. The van der Waals surface area contributed by atoms with Crippen molar-refractivity contribution in [1.29, 1.82) is 0 Å². The van der Waals surface area contributed by atoms with E-state index in [-0.39, 0.29) is 23.3 Å². The number of allylic oxidation sites excluding steroid dienone is 1. The number of hydrogen-bond donors (Lipinski definition) is 0. The molecule has 0 spiro atoms. The Bertz CT molecular complexity index is 1120. The minimum Gasteiger partial charge on any atom is -0.432 e. The molecule has 0 heterocycles. The molecule has 3 aromatic rings. The summed E-state index contributed by atoms with van der Waals surface area (Å²) >= 11 is 0. The van der Waals surface area contributed by atoms with Crippen LogP contribution >= 0.6 is 0 Å². The fraction of sp³-hybridized carbons (Fsp3) is 0.259. The monoisotopic (exact) mass is 442 g/mol. The summed E-state index contributed by atoms with van der Waals surface area (Å²) in [5, 5.41) is 1.93. The number of benzene rings is 3. The van der Waals surface area contributed by atoms with Gasteiger partial charge in [0.05, 0.1) is 6.42 Å². The molecule has 0 saturated carbocycles. The number of ether oxygens (including phenoxy) is 1. The zero-order chi connectivity index (χ0) is 23.3. The van der Waals surface area contributed by atoms with Gasteiger partial charge in [0.25, 0.3) is 0 Å². The zero-order valence-electron chi connectivity index (χ0n) is 18.2. The first-order chi connectivity index (χ1) is 15.2. The molecule has 0 radical (unpaired) electrons. The van der Waals surface area contributed by atoms with E-state index in [4.69, 9.17) is 0 Å². The van der Waals surface area contributed by atoms with Crippen molar-refractivity contribution in [3.05, 3.63) is 89.3 Å². The smallest absolute Gasteiger partial charge is 0.397 e. The highest BCUT2D eigenvalue weighted by atomic mass is 19.3. The number of fused-ring (bicyclic) bond motifs is 1. The second kappa shape index (κ2) is 10.0. The zero-order valence-corrected chi connectivity index (χ0v) is 18.2. The van der Waals surface area contributed by atoms with Crippen molar-refractivity contribution in [1.82, 2.24) is 0 Å². The van der Waals surface area contributed by atoms with Crippen LogP contribution in [0.15, 0.2) is 61.2 Å². The van der Waals surface area contributed by atoms with Crippen LogP contribution in [0, 0.1) is 12.7 Å². The highest BCUT2D eigenvalue weighted by Gasteiger charge is 2.31. The second-order valence-corrected chi connectivity index (χ2v) is 7.87. The minimum absolute atomic E-state index is 0.176. The van der Waals surface area contributed by atoms with E-state index in [1.807, 2.05) is 36.4 Å². The lowest BCUT2D eigenvalue weighted by Crippen LogP contribution is -2.24. The topological polar surface area (TPSA) is 9.23 Å². The first kappa shape index (κ1) is 23.6. The molecule has 3 aromatic carbocycles. The molecule has 1 nitrogen and oxygen atoms in total. The second-order valence-electron chi connectivity index (χ2n) is 7.87. The number of unbranched alkanes of at least 4 members (excludes halogenated alkanes) is 1. The summed E-state index contributed by atoms with van der Waals surface area (Å²) in [7, 11) is 0. The Morgan fingerprint density at radius 1 is 1.06 bits per heavy atom. The van der Waals surface area contributed by atoms with Crippen LogP contribution in [0.4, 0.5) is 17.6 Å². The quantitative estimate of drug-likeness (QED) is 0.183. The van der Waals surface area contributed by atoms with Crippen LogP contribution in [0.3, 0.4) is 0 Å². The number of halogens is 4. The van der Waals surface area contributed by atoms with Gasteiger partial charge in [-0.2, -0.15) is 8.78 Å². The van der Waals surface area contributed by atoms with E-state index < -0.39 is 24.2 Å². The average molecular weight is 442 g/mol. The van der Waals surface area contributed by atoms with Gasteiger partial charge in [0.15, 0.2) is 0 Å². The summed E-state index contributed by atoms with van der Waals surface area (Å²) in [6.45, 7) is 6.99. The third-order valence-electron chi connectivity index (χ3n) is 5.19. The molecule has 0 saturated heterocycles. The lowest BCUT2D eigenvalue weighted by atomic mass is 10.0. The Balaban J connectivity index is 1.87.